The molecule has 3 rings (SSSR count). The van der Waals surface area contributed by atoms with Gasteiger partial charge in [-0.15, -0.1) is 0 Å². The molecule has 154 valence electrons. The molecule has 0 saturated heterocycles. The van der Waals surface area contributed by atoms with E-state index in [9.17, 15) is 14.7 Å². The molecule has 0 spiro atoms. The summed E-state index contributed by atoms with van der Waals surface area (Å²) >= 11 is 7.83. The number of carboxylic acid groups (broad SMARTS) is 1. The molecule has 2 unspecified atom stereocenters. The van der Waals surface area contributed by atoms with Crippen molar-refractivity contribution in [3.8, 4) is 11.1 Å². The second kappa shape index (κ2) is 10.6. The lowest BCUT2D eigenvalue weighted by Gasteiger charge is -2.15. The lowest BCUT2D eigenvalue weighted by Crippen LogP contribution is -2.26. The van der Waals surface area contributed by atoms with Crippen molar-refractivity contribution in [2.75, 3.05) is 0 Å². The highest BCUT2D eigenvalue weighted by atomic mass is 79.9. The van der Waals surface area contributed by atoms with Crippen molar-refractivity contribution in [2.45, 2.75) is 24.5 Å². The number of hydrogen-bond acceptors (Lipinski definition) is 3. The molecule has 0 aliphatic heterocycles. The topological polar surface area (TPSA) is 54.4 Å². The van der Waals surface area contributed by atoms with E-state index in [1.54, 1.807) is 0 Å². The molecule has 1 N–H and O–H groups in total. The zero-order valence-corrected chi connectivity index (χ0v) is 18.9. The van der Waals surface area contributed by atoms with E-state index in [4.69, 9.17) is 0 Å². The molecule has 5 heteroatoms. The molecule has 3 aromatic carbocycles. The third-order valence-corrected chi connectivity index (χ3v) is 6.05. The number of halogens is 1. The highest BCUT2D eigenvalue weighted by Gasteiger charge is 2.25. The van der Waals surface area contributed by atoms with Crippen LogP contribution in [0, 0.1) is 5.92 Å². The summed E-state index contributed by atoms with van der Waals surface area (Å²) in [5.41, 5.74) is 4.15. The van der Waals surface area contributed by atoms with Crippen LogP contribution in [0.25, 0.3) is 11.1 Å². The van der Waals surface area contributed by atoms with Crippen LogP contribution in [-0.2, 0) is 22.4 Å². The molecule has 0 saturated carbocycles. The van der Waals surface area contributed by atoms with Crippen LogP contribution >= 0.6 is 28.6 Å². The normalized spacial score (nSPS) is 12.9. The molecule has 0 aliphatic carbocycles. The van der Waals surface area contributed by atoms with Gasteiger partial charge in [0.15, 0.2) is 0 Å². The SMILES string of the molecule is O=C(CC(Cc1ccc(Br)cc1)C(=O)O)C(S)Cc1ccc(-c2ccccc2)cc1. The van der Waals surface area contributed by atoms with Crippen molar-refractivity contribution in [3.05, 3.63) is 94.5 Å². The Kier molecular flexibility index (Phi) is 7.88. The second-order valence-electron chi connectivity index (χ2n) is 7.32. The van der Waals surface area contributed by atoms with Gasteiger partial charge in [0.05, 0.1) is 11.2 Å². The molecule has 0 radical (unpaired) electrons. The van der Waals surface area contributed by atoms with Crippen LogP contribution in [0.15, 0.2) is 83.3 Å². The average Bonchev–Trinajstić information content (AvgIpc) is 2.75. The van der Waals surface area contributed by atoms with Gasteiger partial charge in [0.25, 0.3) is 0 Å². The van der Waals surface area contributed by atoms with Crippen molar-refractivity contribution in [3.63, 3.8) is 0 Å². The van der Waals surface area contributed by atoms with Crippen molar-refractivity contribution < 1.29 is 14.7 Å². The van der Waals surface area contributed by atoms with E-state index < -0.39 is 17.1 Å². The lowest BCUT2D eigenvalue weighted by atomic mass is 9.92. The van der Waals surface area contributed by atoms with Crippen LogP contribution in [0.5, 0.6) is 0 Å². The minimum atomic E-state index is -0.959. The number of Topliss-reactive ketones (excluding diaryl/α,β-unsaturated/α-hetero) is 1. The molecule has 30 heavy (non-hydrogen) atoms. The number of carboxylic acids is 1. The first kappa shape index (κ1) is 22.3. The zero-order valence-electron chi connectivity index (χ0n) is 16.4. The second-order valence-corrected chi connectivity index (χ2v) is 8.86. The fourth-order valence-electron chi connectivity index (χ4n) is 3.33. The minimum Gasteiger partial charge on any atom is -0.481 e. The van der Waals surface area contributed by atoms with Gasteiger partial charge in [-0.05, 0) is 47.2 Å². The average molecular weight is 483 g/mol. The predicted molar refractivity (Wildman–Crippen MR) is 127 cm³/mol. The monoisotopic (exact) mass is 482 g/mol. The van der Waals surface area contributed by atoms with E-state index in [1.165, 1.54) is 0 Å². The van der Waals surface area contributed by atoms with Crippen molar-refractivity contribution in [1.82, 2.24) is 0 Å². The summed E-state index contributed by atoms with van der Waals surface area (Å²) in [4.78, 5) is 24.3. The molecule has 0 amide bonds. The van der Waals surface area contributed by atoms with Crippen molar-refractivity contribution >= 4 is 40.3 Å². The largest absolute Gasteiger partial charge is 0.481 e. The fraction of sp³-hybridized carbons (Fsp3) is 0.200. The van der Waals surface area contributed by atoms with Gasteiger partial charge in [0.2, 0.25) is 0 Å². The molecule has 0 aliphatic rings. The Hall–Kier alpha value is -2.37. The Balaban J connectivity index is 1.60. The van der Waals surface area contributed by atoms with E-state index in [-0.39, 0.29) is 12.2 Å². The number of hydrogen-bond donors (Lipinski definition) is 2. The molecular formula is C25H23BrO3S. The Labute approximate surface area is 190 Å². The Morgan fingerprint density at radius 3 is 1.93 bits per heavy atom. The maximum absolute atomic E-state index is 12.6. The van der Waals surface area contributed by atoms with E-state index in [0.29, 0.717) is 12.8 Å². The number of thiol groups is 1. The number of benzene rings is 3. The van der Waals surface area contributed by atoms with Gasteiger partial charge in [-0.2, -0.15) is 12.6 Å². The fourth-order valence-corrected chi connectivity index (χ4v) is 3.91. The highest BCUT2D eigenvalue weighted by molar-refractivity contribution is 9.10. The van der Waals surface area contributed by atoms with Gasteiger partial charge >= 0.3 is 5.97 Å². The summed E-state index contributed by atoms with van der Waals surface area (Å²) in [5, 5.41) is 9.03. The van der Waals surface area contributed by atoms with Gasteiger partial charge < -0.3 is 5.11 Å². The van der Waals surface area contributed by atoms with Crippen LogP contribution in [-0.4, -0.2) is 22.1 Å². The van der Waals surface area contributed by atoms with Crippen LogP contribution in [0.1, 0.15) is 17.5 Å². The first-order valence-electron chi connectivity index (χ1n) is 9.75. The molecular weight excluding hydrogens is 460 g/mol. The Morgan fingerprint density at radius 1 is 0.800 bits per heavy atom. The molecule has 3 nitrogen and oxygen atoms in total. The standard InChI is InChI=1S/C25H23BrO3S/c26-22-12-8-17(9-13-22)14-21(25(28)29)16-23(27)24(30)15-18-6-10-20(11-7-18)19-4-2-1-3-5-19/h1-13,21,24,30H,14-16H2,(H,28,29). The number of ketones is 1. The van der Waals surface area contributed by atoms with E-state index in [0.717, 1.165) is 26.7 Å². The Morgan fingerprint density at radius 2 is 1.33 bits per heavy atom. The van der Waals surface area contributed by atoms with Crippen LogP contribution < -0.4 is 0 Å². The molecule has 0 heterocycles. The molecule has 3 aromatic rings. The maximum Gasteiger partial charge on any atom is 0.307 e. The molecule has 0 aromatic heterocycles. The summed E-state index contributed by atoms with van der Waals surface area (Å²) in [6, 6.07) is 25.6. The number of rotatable bonds is 9. The van der Waals surface area contributed by atoms with Gasteiger partial charge in [-0.3, -0.25) is 9.59 Å². The van der Waals surface area contributed by atoms with Crippen LogP contribution in [0.2, 0.25) is 0 Å². The number of carbonyl (C=O) groups is 2. The first-order chi connectivity index (χ1) is 14.4. The van der Waals surface area contributed by atoms with Gasteiger partial charge in [-0.25, -0.2) is 0 Å². The van der Waals surface area contributed by atoms with E-state index >= 15 is 0 Å². The quantitative estimate of drug-likeness (QED) is 0.375. The van der Waals surface area contributed by atoms with E-state index in [2.05, 4.69) is 40.7 Å². The molecule has 0 fully saturated rings. The van der Waals surface area contributed by atoms with Gasteiger partial charge in [0, 0.05) is 10.9 Å². The first-order valence-corrected chi connectivity index (χ1v) is 11.1. The zero-order chi connectivity index (χ0) is 21.5. The van der Waals surface area contributed by atoms with Crippen molar-refractivity contribution in [2.24, 2.45) is 5.92 Å². The smallest absolute Gasteiger partial charge is 0.307 e. The minimum absolute atomic E-state index is 0.0261. The Bertz CT molecular complexity index is 985. The third kappa shape index (κ3) is 6.31. The number of aliphatic carboxylic acids is 1. The molecule has 0 bridgehead atoms. The van der Waals surface area contributed by atoms with Gasteiger partial charge in [-0.1, -0.05) is 82.7 Å². The van der Waals surface area contributed by atoms with Crippen LogP contribution in [0.4, 0.5) is 0 Å². The molecule has 2 atom stereocenters. The third-order valence-electron chi connectivity index (χ3n) is 5.05. The summed E-state index contributed by atoms with van der Waals surface area (Å²) in [5.74, 6) is -1.86. The highest BCUT2D eigenvalue weighted by Crippen LogP contribution is 2.22. The summed E-state index contributed by atoms with van der Waals surface area (Å²) in [7, 11) is 0. The maximum atomic E-state index is 12.6. The predicted octanol–water partition coefficient (Wildman–Crippen LogP) is 5.86. The summed E-state index contributed by atoms with van der Waals surface area (Å²) < 4.78 is 0.933. The number of carbonyl (C=O) groups excluding carboxylic acids is 1. The van der Waals surface area contributed by atoms with Gasteiger partial charge in [0.1, 0.15) is 5.78 Å². The van der Waals surface area contributed by atoms with Crippen LogP contribution in [0.3, 0.4) is 0 Å². The summed E-state index contributed by atoms with van der Waals surface area (Å²) in [6.45, 7) is 0. The summed E-state index contributed by atoms with van der Waals surface area (Å²) in [6.07, 6.45) is 0.768. The van der Waals surface area contributed by atoms with E-state index in [1.807, 2.05) is 66.7 Å². The van der Waals surface area contributed by atoms with Crippen molar-refractivity contribution in [1.29, 1.82) is 0 Å². The lowest BCUT2D eigenvalue weighted by molar-refractivity contribution is -0.143.